The number of rotatable bonds is 5. The summed E-state index contributed by atoms with van der Waals surface area (Å²) < 4.78 is 28.7. The zero-order valence-corrected chi connectivity index (χ0v) is 18.6. The maximum absolute atomic E-state index is 12.9. The van der Waals surface area contributed by atoms with Crippen molar-refractivity contribution in [2.75, 3.05) is 18.4 Å². The Morgan fingerprint density at radius 3 is 2.45 bits per heavy atom. The topological polar surface area (TPSA) is 84.3 Å². The maximum Gasteiger partial charge on any atom is 0.243 e. The number of nitrogens with one attached hydrogen (secondary N) is 1. The number of nitrogens with zero attached hydrogens (tertiary/aromatic N) is 3. The molecule has 1 amide bonds. The molecule has 0 aliphatic carbocycles. The molecule has 0 saturated carbocycles. The van der Waals surface area contributed by atoms with Crippen molar-refractivity contribution < 1.29 is 13.2 Å². The lowest BCUT2D eigenvalue weighted by atomic mass is 9.97. The van der Waals surface area contributed by atoms with E-state index in [0.717, 1.165) is 11.4 Å². The molecule has 0 atom stereocenters. The Morgan fingerprint density at radius 2 is 1.77 bits per heavy atom. The smallest absolute Gasteiger partial charge is 0.243 e. The highest BCUT2D eigenvalue weighted by Gasteiger charge is 2.32. The fourth-order valence-electron chi connectivity index (χ4n) is 3.72. The van der Waals surface area contributed by atoms with Gasteiger partial charge < -0.3 is 5.32 Å². The van der Waals surface area contributed by atoms with Crippen LogP contribution in [0.4, 0.5) is 5.82 Å². The number of hydrogen-bond donors (Lipinski definition) is 1. The number of anilines is 1. The molecule has 0 radical (unpaired) electrons. The molecule has 2 heterocycles. The summed E-state index contributed by atoms with van der Waals surface area (Å²) in [5.41, 5.74) is 1.51. The third kappa shape index (κ3) is 4.66. The van der Waals surface area contributed by atoms with Crippen molar-refractivity contribution >= 4 is 33.3 Å². The zero-order chi connectivity index (χ0) is 22.0. The number of aryl methyl sites for hydroxylation is 1. The fourth-order valence-corrected chi connectivity index (χ4v) is 5.40. The summed E-state index contributed by atoms with van der Waals surface area (Å²) in [5, 5.41) is 7.99. The summed E-state index contributed by atoms with van der Waals surface area (Å²) >= 11 is 6.09. The quantitative estimate of drug-likeness (QED) is 0.629. The van der Waals surface area contributed by atoms with Crippen molar-refractivity contribution in [2.24, 2.45) is 5.92 Å². The van der Waals surface area contributed by atoms with Crippen LogP contribution < -0.4 is 5.32 Å². The van der Waals surface area contributed by atoms with Crippen molar-refractivity contribution in [2.45, 2.75) is 24.7 Å². The molecule has 2 aromatic carbocycles. The number of amides is 1. The number of sulfonamides is 1. The molecule has 0 bridgehead atoms. The first-order valence-electron chi connectivity index (χ1n) is 10.0. The summed E-state index contributed by atoms with van der Waals surface area (Å²) in [6.07, 6.45) is 0.921. The van der Waals surface area contributed by atoms with Crippen LogP contribution in [0.3, 0.4) is 0 Å². The van der Waals surface area contributed by atoms with E-state index < -0.39 is 10.0 Å². The van der Waals surface area contributed by atoms with Crippen molar-refractivity contribution in [3.63, 3.8) is 0 Å². The molecule has 4 rings (SSSR count). The lowest BCUT2D eigenvalue weighted by molar-refractivity contribution is -0.120. The van der Waals surface area contributed by atoms with Gasteiger partial charge in [-0.2, -0.15) is 9.40 Å². The molecular formula is C22H23ClN4O3S. The Balaban J connectivity index is 1.44. The number of carbonyl (C=O) groups is 1. The lowest BCUT2D eigenvalue weighted by Gasteiger charge is -2.30. The van der Waals surface area contributed by atoms with Crippen molar-refractivity contribution in [3.05, 3.63) is 71.4 Å². The fraction of sp³-hybridized carbons (Fsp3) is 0.273. The van der Waals surface area contributed by atoms with Crippen LogP contribution in [-0.4, -0.2) is 41.5 Å². The molecule has 9 heteroatoms. The zero-order valence-electron chi connectivity index (χ0n) is 17.0. The van der Waals surface area contributed by atoms with Gasteiger partial charge in [-0.15, -0.1) is 0 Å². The Morgan fingerprint density at radius 1 is 1.06 bits per heavy atom. The summed E-state index contributed by atoms with van der Waals surface area (Å²) in [5.74, 6) is 0.147. The van der Waals surface area contributed by atoms with E-state index >= 15 is 0 Å². The van der Waals surface area contributed by atoms with Crippen LogP contribution in [0.5, 0.6) is 0 Å². The standard InChI is InChI=1S/C22H23ClN4O3S/c1-16-14-21(27(25-16)19-7-5-6-18(23)15-19)24-22(28)17-10-12-26(13-11-17)31(29,30)20-8-3-2-4-9-20/h2-9,14-15,17H,10-13H2,1H3,(H,24,28). The van der Waals surface area contributed by atoms with Gasteiger partial charge in [-0.25, -0.2) is 13.1 Å². The molecule has 0 unspecified atom stereocenters. The van der Waals surface area contributed by atoms with Gasteiger partial charge in [-0.3, -0.25) is 4.79 Å². The van der Waals surface area contributed by atoms with Crippen LogP contribution in [-0.2, 0) is 14.8 Å². The lowest BCUT2D eigenvalue weighted by Crippen LogP contribution is -2.41. The first-order valence-corrected chi connectivity index (χ1v) is 11.8. The number of hydrogen-bond acceptors (Lipinski definition) is 4. The second kappa shape index (κ2) is 8.82. The van der Waals surface area contributed by atoms with E-state index in [4.69, 9.17) is 11.6 Å². The van der Waals surface area contributed by atoms with Gasteiger partial charge in [0.2, 0.25) is 15.9 Å². The summed E-state index contributed by atoms with van der Waals surface area (Å²) in [6, 6.07) is 17.4. The molecule has 162 valence electrons. The first kappa shape index (κ1) is 21.5. The van der Waals surface area contributed by atoms with Gasteiger partial charge in [0.25, 0.3) is 0 Å². The molecule has 7 nitrogen and oxygen atoms in total. The minimum Gasteiger partial charge on any atom is -0.310 e. The summed E-state index contributed by atoms with van der Waals surface area (Å²) in [6.45, 7) is 2.47. The number of halogens is 1. The van der Waals surface area contributed by atoms with E-state index in [-0.39, 0.29) is 16.7 Å². The van der Waals surface area contributed by atoms with Gasteiger partial charge in [0.15, 0.2) is 0 Å². The van der Waals surface area contributed by atoms with Crippen LogP contribution in [0, 0.1) is 12.8 Å². The van der Waals surface area contributed by atoms with E-state index in [2.05, 4.69) is 10.4 Å². The highest BCUT2D eigenvalue weighted by Crippen LogP contribution is 2.26. The van der Waals surface area contributed by atoms with Crippen molar-refractivity contribution in [1.29, 1.82) is 0 Å². The monoisotopic (exact) mass is 458 g/mol. The van der Waals surface area contributed by atoms with Crippen LogP contribution in [0.25, 0.3) is 5.69 Å². The van der Waals surface area contributed by atoms with Crippen LogP contribution in [0.15, 0.2) is 65.6 Å². The van der Waals surface area contributed by atoms with Crippen molar-refractivity contribution in [1.82, 2.24) is 14.1 Å². The van der Waals surface area contributed by atoms with E-state index in [9.17, 15) is 13.2 Å². The molecule has 31 heavy (non-hydrogen) atoms. The first-order chi connectivity index (χ1) is 14.8. The summed E-state index contributed by atoms with van der Waals surface area (Å²) in [7, 11) is -3.54. The highest BCUT2D eigenvalue weighted by atomic mass is 35.5. The van der Waals surface area contributed by atoms with Gasteiger partial charge in [0.1, 0.15) is 5.82 Å². The molecular weight excluding hydrogens is 436 g/mol. The number of benzene rings is 2. The molecule has 1 saturated heterocycles. The minimum atomic E-state index is -3.54. The number of piperidine rings is 1. The largest absolute Gasteiger partial charge is 0.310 e. The molecule has 3 aromatic rings. The molecule has 1 aliphatic rings. The highest BCUT2D eigenvalue weighted by molar-refractivity contribution is 7.89. The average molecular weight is 459 g/mol. The minimum absolute atomic E-state index is 0.139. The second-order valence-corrected chi connectivity index (χ2v) is 9.92. The molecule has 0 spiro atoms. The molecule has 1 aromatic heterocycles. The van der Waals surface area contributed by atoms with E-state index in [1.807, 2.05) is 19.1 Å². The molecule has 1 aliphatic heterocycles. The summed E-state index contributed by atoms with van der Waals surface area (Å²) in [4.78, 5) is 13.2. The van der Waals surface area contributed by atoms with E-state index in [1.165, 1.54) is 4.31 Å². The van der Waals surface area contributed by atoms with Crippen LogP contribution in [0.2, 0.25) is 5.02 Å². The van der Waals surface area contributed by atoms with Crippen molar-refractivity contribution in [3.8, 4) is 5.69 Å². The molecule has 1 N–H and O–H groups in total. The van der Waals surface area contributed by atoms with Gasteiger partial charge in [0, 0.05) is 30.1 Å². The Labute approximate surface area is 186 Å². The SMILES string of the molecule is Cc1cc(NC(=O)C2CCN(S(=O)(=O)c3ccccc3)CC2)n(-c2cccc(Cl)c2)n1. The van der Waals surface area contributed by atoms with Gasteiger partial charge >= 0.3 is 0 Å². The third-order valence-corrected chi connectivity index (χ3v) is 7.49. The predicted molar refractivity (Wildman–Crippen MR) is 120 cm³/mol. The predicted octanol–water partition coefficient (Wildman–Crippen LogP) is 3.87. The number of carbonyl (C=O) groups excluding carboxylic acids is 1. The Bertz CT molecular complexity index is 1190. The van der Waals surface area contributed by atoms with Gasteiger partial charge in [0.05, 0.1) is 16.3 Å². The van der Waals surface area contributed by atoms with Gasteiger partial charge in [-0.1, -0.05) is 35.9 Å². The Hall–Kier alpha value is -2.68. The second-order valence-electron chi connectivity index (χ2n) is 7.54. The third-order valence-electron chi connectivity index (χ3n) is 5.34. The Kier molecular flexibility index (Phi) is 6.13. The van der Waals surface area contributed by atoms with Gasteiger partial charge in [-0.05, 0) is 50.1 Å². The molecule has 1 fully saturated rings. The normalized spacial score (nSPS) is 15.7. The average Bonchev–Trinajstić information content (AvgIpc) is 3.14. The van der Waals surface area contributed by atoms with Crippen LogP contribution >= 0.6 is 11.6 Å². The maximum atomic E-state index is 12.9. The number of aromatic nitrogens is 2. The van der Waals surface area contributed by atoms with E-state index in [0.29, 0.717) is 36.8 Å². The van der Waals surface area contributed by atoms with Crippen LogP contribution in [0.1, 0.15) is 18.5 Å². The van der Waals surface area contributed by atoms with E-state index in [1.54, 1.807) is 53.2 Å².